The molecule has 1 aromatic carbocycles. The topological polar surface area (TPSA) is 79.5 Å². The summed E-state index contributed by atoms with van der Waals surface area (Å²) in [5.41, 5.74) is 1.01. The highest BCUT2D eigenvalue weighted by molar-refractivity contribution is 5.98. The van der Waals surface area contributed by atoms with Crippen LogP contribution in [0.2, 0.25) is 0 Å². The van der Waals surface area contributed by atoms with Crippen molar-refractivity contribution in [1.29, 1.82) is 0 Å². The van der Waals surface area contributed by atoms with Gasteiger partial charge in [-0.2, -0.15) is 0 Å². The van der Waals surface area contributed by atoms with Crippen molar-refractivity contribution in [2.75, 3.05) is 26.0 Å². The molecule has 0 saturated carbocycles. The molecule has 2 rings (SSSR count). The minimum absolute atomic E-state index is 0.0235. The number of ether oxygens (including phenoxy) is 1. The van der Waals surface area contributed by atoms with Crippen LogP contribution in [0.4, 0.5) is 5.69 Å². The van der Waals surface area contributed by atoms with Gasteiger partial charge in [0, 0.05) is 24.6 Å². The lowest BCUT2D eigenvalue weighted by Crippen LogP contribution is -2.40. The largest absolute Gasteiger partial charge is 0.495 e. The Bertz CT molecular complexity index is 560. The van der Waals surface area contributed by atoms with Crippen molar-refractivity contribution in [2.45, 2.75) is 25.8 Å². The highest BCUT2D eigenvalue weighted by Crippen LogP contribution is 2.27. The molecule has 0 bridgehead atoms. The summed E-state index contributed by atoms with van der Waals surface area (Å²) in [4.78, 5) is 24.2. The fraction of sp³-hybridized carbons (Fsp3) is 0.500. The molecule has 1 aliphatic heterocycles. The van der Waals surface area contributed by atoms with Crippen molar-refractivity contribution in [2.24, 2.45) is 5.92 Å². The minimum atomic E-state index is -0.200. The first-order valence-corrected chi connectivity index (χ1v) is 7.49. The van der Waals surface area contributed by atoms with E-state index in [0.29, 0.717) is 23.0 Å². The number of amides is 2. The zero-order valence-corrected chi connectivity index (χ0v) is 13.2. The maximum atomic E-state index is 12.4. The molecule has 2 amide bonds. The molecule has 22 heavy (non-hydrogen) atoms. The fourth-order valence-electron chi connectivity index (χ4n) is 2.70. The monoisotopic (exact) mass is 305 g/mol. The van der Waals surface area contributed by atoms with Gasteiger partial charge in [0.05, 0.1) is 12.8 Å². The Labute approximate surface area is 130 Å². The number of nitrogens with one attached hydrogen (secondary N) is 3. The van der Waals surface area contributed by atoms with Crippen LogP contribution in [0.15, 0.2) is 18.2 Å². The van der Waals surface area contributed by atoms with E-state index in [1.54, 1.807) is 25.2 Å². The van der Waals surface area contributed by atoms with Crippen LogP contribution in [0, 0.1) is 5.92 Å². The molecule has 6 nitrogen and oxygen atoms in total. The summed E-state index contributed by atoms with van der Waals surface area (Å²) in [6.07, 6.45) is 1.62. The third-order valence-electron chi connectivity index (χ3n) is 3.94. The summed E-state index contributed by atoms with van der Waals surface area (Å²) in [5.74, 6) is 0.293. The SMILES string of the molecule is CNC(=O)c1ccc(OC)c(NC(=O)[C@H]2CCN[C@@H](C)C2)c1. The Morgan fingerprint density at radius 3 is 2.77 bits per heavy atom. The lowest BCUT2D eigenvalue weighted by Gasteiger charge is -2.27. The van der Waals surface area contributed by atoms with Gasteiger partial charge in [0.2, 0.25) is 5.91 Å². The smallest absolute Gasteiger partial charge is 0.251 e. The summed E-state index contributed by atoms with van der Waals surface area (Å²) in [6, 6.07) is 5.33. The van der Waals surface area contributed by atoms with Gasteiger partial charge in [-0.05, 0) is 44.5 Å². The van der Waals surface area contributed by atoms with Crippen LogP contribution in [0.3, 0.4) is 0 Å². The van der Waals surface area contributed by atoms with Gasteiger partial charge in [-0.3, -0.25) is 9.59 Å². The number of methoxy groups -OCH3 is 1. The van der Waals surface area contributed by atoms with Gasteiger partial charge in [-0.25, -0.2) is 0 Å². The van der Waals surface area contributed by atoms with E-state index in [1.807, 2.05) is 0 Å². The second-order valence-corrected chi connectivity index (χ2v) is 5.56. The predicted molar refractivity (Wildman–Crippen MR) is 85.2 cm³/mol. The molecule has 2 atom stereocenters. The Balaban J connectivity index is 2.16. The van der Waals surface area contributed by atoms with E-state index in [0.717, 1.165) is 19.4 Å². The van der Waals surface area contributed by atoms with Gasteiger partial charge < -0.3 is 20.7 Å². The number of hydrogen-bond acceptors (Lipinski definition) is 4. The van der Waals surface area contributed by atoms with Crippen molar-refractivity contribution < 1.29 is 14.3 Å². The Hall–Kier alpha value is -2.08. The first-order valence-electron chi connectivity index (χ1n) is 7.49. The Morgan fingerprint density at radius 2 is 2.14 bits per heavy atom. The van der Waals surface area contributed by atoms with Crippen LogP contribution in [0.25, 0.3) is 0 Å². The average Bonchev–Trinajstić information content (AvgIpc) is 2.54. The number of benzene rings is 1. The molecule has 1 heterocycles. The zero-order valence-electron chi connectivity index (χ0n) is 13.2. The molecule has 1 aromatic rings. The van der Waals surface area contributed by atoms with E-state index >= 15 is 0 Å². The third-order valence-corrected chi connectivity index (χ3v) is 3.94. The molecule has 0 unspecified atom stereocenters. The average molecular weight is 305 g/mol. The Morgan fingerprint density at radius 1 is 1.36 bits per heavy atom. The zero-order chi connectivity index (χ0) is 16.1. The third kappa shape index (κ3) is 3.76. The number of rotatable bonds is 4. The molecule has 0 aromatic heterocycles. The maximum Gasteiger partial charge on any atom is 0.251 e. The van der Waals surface area contributed by atoms with Crippen molar-refractivity contribution in [1.82, 2.24) is 10.6 Å². The van der Waals surface area contributed by atoms with Crippen LogP contribution >= 0.6 is 0 Å². The number of hydrogen-bond donors (Lipinski definition) is 3. The molecular formula is C16H23N3O3. The number of anilines is 1. The molecule has 0 aliphatic carbocycles. The van der Waals surface area contributed by atoms with Gasteiger partial charge in [0.25, 0.3) is 5.91 Å². The van der Waals surface area contributed by atoms with Crippen molar-refractivity contribution >= 4 is 17.5 Å². The van der Waals surface area contributed by atoms with Gasteiger partial charge in [0.15, 0.2) is 0 Å². The highest BCUT2D eigenvalue weighted by atomic mass is 16.5. The molecular weight excluding hydrogens is 282 g/mol. The first kappa shape index (κ1) is 16.3. The van der Waals surface area contributed by atoms with Gasteiger partial charge >= 0.3 is 0 Å². The summed E-state index contributed by atoms with van der Waals surface area (Å²) >= 11 is 0. The highest BCUT2D eigenvalue weighted by Gasteiger charge is 2.25. The Kier molecular flexibility index (Phi) is 5.38. The second kappa shape index (κ2) is 7.26. The normalized spacial score (nSPS) is 21.0. The molecule has 0 spiro atoms. The minimum Gasteiger partial charge on any atom is -0.495 e. The second-order valence-electron chi connectivity index (χ2n) is 5.56. The van der Waals surface area contributed by atoms with Gasteiger partial charge in [-0.1, -0.05) is 0 Å². The van der Waals surface area contributed by atoms with Gasteiger partial charge in [0.1, 0.15) is 5.75 Å². The lowest BCUT2D eigenvalue weighted by molar-refractivity contribution is -0.120. The van der Waals surface area contributed by atoms with Gasteiger partial charge in [-0.15, -0.1) is 0 Å². The quantitative estimate of drug-likeness (QED) is 0.785. The summed E-state index contributed by atoms with van der Waals surface area (Å²) < 4.78 is 5.26. The van der Waals surface area contributed by atoms with E-state index in [2.05, 4.69) is 22.9 Å². The molecule has 120 valence electrons. The van der Waals surface area contributed by atoms with Crippen molar-refractivity contribution in [3.05, 3.63) is 23.8 Å². The van der Waals surface area contributed by atoms with Crippen molar-refractivity contribution in [3.63, 3.8) is 0 Å². The number of carbonyl (C=O) groups excluding carboxylic acids is 2. The van der Waals surface area contributed by atoms with Crippen LogP contribution in [-0.2, 0) is 4.79 Å². The van der Waals surface area contributed by atoms with Crippen LogP contribution in [-0.4, -0.2) is 38.6 Å². The van der Waals surface area contributed by atoms with E-state index in [4.69, 9.17) is 4.74 Å². The molecule has 1 fully saturated rings. The molecule has 6 heteroatoms. The first-order chi connectivity index (χ1) is 10.5. The van der Waals surface area contributed by atoms with Crippen LogP contribution < -0.4 is 20.7 Å². The molecule has 0 radical (unpaired) electrons. The molecule has 1 saturated heterocycles. The molecule has 1 aliphatic rings. The fourth-order valence-corrected chi connectivity index (χ4v) is 2.70. The summed E-state index contributed by atoms with van der Waals surface area (Å²) in [6.45, 7) is 2.92. The van der Waals surface area contributed by atoms with E-state index in [1.165, 1.54) is 7.11 Å². The lowest BCUT2D eigenvalue weighted by atomic mass is 9.92. The standard InChI is InChI=1S/C16H23N3O3/c1-10-8-12(6-7-18-10)16(21)19-13-9-11(15(20)17-2)4-5-14(13)22-3/h4-5,9-10,12,18H,6-8H2,1-3H3,(H,17,20)(H,19,21)/t10-,12-/m0/s1. The van der Waals surface area contributed by atoms with E-state index in [-0.39, 0.29) is 17.7 Å². The summed E-state index contributed by atoms with van der Waals surface area (Å²) in [7, 11) is 3.11. The predicted octanol–water partition coefficient (Wildman–Crippen LogP) is 1.38. The van der Waals surface area contributed by atoms with Crippen molar-refractivity contribution in [3.8, 4) is 5.75 Å². The summed E-state index contributed by atoms with van der Waals surface area (Å²) in [5, 5.41) is 8.79. The maximum absolute atomic E-state index is 12.4. The van der Waals surface area contributed by atoms with Crippen LogP contribution in [0.5, 0.6) is 5.75 Å². The van der Waals surface area contributed by atoms with Crippen LogP contribution in [0.1, 0.15) is 30.1 Å². The molecule has 3 N–H and O–H groups in total. The number of piperidine rings is 1. The van der Waals surface area contributed by atoms with E-state index < -0.39 is 0 Å². The van der Waals surface area contributed by atoms with E-state index in [9.17, 15) is 9.59 Å². The number of carbonyl (C=O) groups is 2.